The predicted molar refractivity (Wildman–Crippen MR) is 101 cm³/mol. The number of halogens is 4. The van der Waals surface area contributed by atoms with E-state index in [-0.39, 0.29) is 34.0 Å². The molecule has 160 valence electrons. The zero-order chi connectivity index (χ0) is 21.9. The molecule has 0 N–H and O–H groups in total. The molecule has 0 atom stereocenters. The van der Waals surface area contributed by atoms with E-state index >= 15 is 0 Å². The van der Waals surface area contributed by atoms with E-state index in [1.165, 1.54) is 34.3 Å². The van der Waals surface area contributed by atoms with Crippen LogP contribution in [0.2, 0.25) is 0 Å². The van der Waals surface area contributed by atoms with Gasteiger partial charge in [0.05, 0.1) is 29.8 Å². The SMILES string of the molecule is Cn1c(=O)c2cc(F)c(OC3COC3)cc2n2nc(-c3ccnc(C(F)(F)F)c3)cc12. The van der Waals surface area contributed by atoms with Crippen molar-refractivity contribution in [2.45, 2.75) is 12.3 Å². The Morgan fingerprint density at radius 1 is 1.19 bits per heavy atom. The predicted octanol–water partition coefficient (Wildman–Crippen LogP) is 3.18. The zero-order valence-corrected chi connectivity index (χ0v) is 16.0. The number of pyridine rings is 1. The summed E-state index contributed by atoms with van der Waals surface area (Å²) in [6.45, 7) is 0.665. The number of aryl methyl sites for hydroxylation is 1. The quantitative estimate of drug-likeness (QED) is 0.464. The second kappa shape index (κ2) is 6.77. The third-order valence-corrected chi connectivity index (χ3v) is 5.09. The highest BCUT2D eigenvalue weighted by atomic mass is 19.4. The summed E-state index contributed by atoms with van der Waals surface area (Å²) in [6, 6.07) is 6.19. The minimum Gasteiger partial charge on any atom is -0.482 e. The molecule has 31 heavy (non-hydrogen) atoms. The summed E-state index contributed by atoms with van der Waals surface area (Å²) in [6.07, 6.45) is -3.86. The highest BCUT2D eigenvalue weighted by molar-refractivity contribution is 5.83. The van der Waals surface area contributed by atoms with Gasteiger partial charge in [0.15, 0.2) is 11.6 Å². The van der Waals surface area contributed by atoms with E-state index in [9.17, 15) is 22.4 Å². The molecule has 1 saturated heterocycles. The number of rotatable bonds is 3. The van der Waals surface area contributed by atoms with Gasteiger partial charge in [-0.2, -0.15) is 18.3 Å². The van der Waals surface area contributed by atoms with Gasteiger partial charge in [0.25, 0.3) is 5.56 Å². The lowest BCUT2D eigenvalue weighted by Crippen LogP contribution is -2.38. The summed E-state index contributed by atoms with van der Waals surface area (Å²) in [5.74, 6) is -0.761. The van der Waals surface area contributed by atoms with Crippen molar-refractivity contribution >= 4 is 16.6 Å². The van der Waals surface area contributed by atoms with Gasteiger partial charge in [-0.3, -0.25) is 14.3 Å². The Morgan fingerprint density at radius 2 is 1.97 bits per heavy atom. The van der Waals surface area contributed by atoms with Crippen LogP contribution in [0.15, 0.2) is 41.3 Å². The first kappa shape index (κ1) is 19.5. The van der Waals surface area contributed by atoms with Gasteiger partial charge in [-0.15, -0.1) is 0 Å². The van der Waals surface area contributed by atoms with Crippen LogP contribution in [0.3, 0.4) is 0 Å². The second-order valence-corrected chi connectivity index (χ2v) is 7.17. The third-order valence-electron chi connectivity index (χ3n) is 5.09. The van der Waals surface area contributed by atoms with Gasteiger partial charge in [0.2, 0.25) is 0 Å². The molecule has 1 aliphatic rings. The number of ether oxygens (including phenoxy) is 2. The van der Waals surface area contributed by atoms with Crippen molar-refractivity contribution in [2.75, 3.05) is 13.2 Å². The van der Waals surface area contributed by atoms with E-state index in [0.29, 0.717) is 18.9 Å². The van der Waals surface area contributed by atoms with Gasteiger partial charge in [0, 0.05) is 30.9 Å². The maximum absolute atomic E-state index is 14.5. The van der Waals surface area contributed by atoms with Gasteiger partial charge in [-0.25, -0.2) is 8.91 Å². The highest BCUT2D eigenvalue weighted by Crippen LogP contribution is 2.31. The third kappa shape index (κ3) is 3.21. The molecule has 7 nitrogen and oxygen atoms in total. The highest BCUT2D eigenvalue weighted by Gasteiger charge is 2.32. The van der Waals surface area contributed by atoms with Crippen LogP contribution in [0, 0.1) is 5.82 Å². The van der Waals surface area contributed by atoms with E-state index in [0.717, 1.165) is 18.3 Å². The minimum absolute atomic E-state index is 0.0596. The molecule has 5 rings (SSSR count). The lowest BCUT2D eigenvalue weighted by molar-refractivity contribution is -0.141. The molecule has 0 aliphatic carbocycles. The Morgan fingerprint density at radius 3 is 2.65 bits per heavy atom. The molecule has 1 aliphatic heterocycles. The van der Waals surface area contributed by atoms with Crippen LogP contribution in [0.5, 0.6) is 5.75 Å². The Labute approximate surface area is 171 Å². The normalized spacial score (nSPS) is 14.9. The molecule has 0 bridgehead atoms. The monoisotopic (exact) mass is 434 g/mol. The van der Waals surface area contributed by atoms with Crippen LogP contribution in [-0.4, -0.2) is 38.5 Å². The van der Waals surface area contributed by atoms with Crippen LogP contribution in [-0.2, 0) is 18.0 Å². The lowest BCUT2D eigenvalue weighted by Gasteiger charge is -2.27. The lowest BCUT2D eigenvalue weighted by atomic mass is 10.1. The molecular weight excluding hydrogens is 420 g/mol. The number of hydrogen-bond acceptors (Lipinski definition) is 5. The summed E-state index contributed by atoms with van der Waals surface area (Å²) < 4.78 is 66.9. The first-order valence-corrected chi connectivity index (χ1v) is 9.22. The van der Waals surface area contributed by atoms with E-state index in [4.69, 9.17) is 9.47 Å². The Balaban J connectivity index is 1.72. The van der Waals surface area contributed by atoms with Crippen molar-refractivity contribution in [3.63, 3.8) is 0 Å². The number of alkyl halides is 3. The maximum Gasteiger partial charge on any atom is 0.433 e. The van der Waals surface area contributed by atoms with E-state index in [1.807, 2.05) is 0 Å². The van der Waals surface area contributed by atoms with Gasteiger partial charge < -0.3 is 9.47 Å². The molecule has 1 fully saturated rings. The standard InChI is InChI=1S/C20H14F4N4O3/c1-27-18-6-14(10-2-3-25-17(4-10)20(22,23)24)26-28(18)15-7-16(31-11-8-30-9-11)13(21)5-12(15)19(27)29/h2-7,11H,8-9H2,1H3. The molecular formula is C20H14F4N4O3. The van der Waals surface area contributed by atoms with E-state index in [1.54, 1.807) is 0 Å². The fourth-order valence-electron chi connectivity index (χ4n) is 3.40. The average Bonchev–Trinajstić information content (AvgIpc) is 3.15. The summed E-state index contributed by atoms with van der Waals surface area (Å²) in [4.78, 5) is 16.1. The molecule has 0 unspecified atom stereocenters. The number of hydrogen-bond donors (Lipinski definition) is 0. The molecule has 0 saturated carbocycles. The van der Waals surface area contributed by atoms with E-state index < -0.39 is 23.2 Å². The van der Waals surface area contributed by atoms with Gasteiger partial charge in [-0.1, -0.05) is 0 Å². The van der Waals surface area contributed by atoms with Crippen molar-refractivity contribution in [3.05, 3.63) is 58.4 Å². The summed E-state index contributed by atoms with van der Waals surface area (Å²) in [7, 11) is 1.48. The molecule has 4 heterocycles. The van der Waals surface area contributed by atoms with Crippen LogP contribution in [0.1, 0.15) is 5.69 Å². The zero-order valence-electron chi connectivity index (χ0n) is 16.0. The minimum atomic E-state index is -4.61. The smallest absolute Gasteiger partial charge is 0.433 e. The molecule has 3 aromatic heterocycles. The van der Waals surface area contributed by atoms with Crippen molar-refractivity contribution in [2.24, 2.45) is 7.05 Å². The van der Waals surface area contributed by atoms with Crippen molar-refractivity contribution < 1.29 is 27.0 Å². The molecule has 0 spiro atoms. The van der Waals surface area contributed by atoms with Crippen molar-refractivity contribution in [3.8, 4) is 17.0 Å². The first-order chi connectivity index (χ1) is 14.7. The Kier molecular flexibility index (Phi) is 4.26. The largest absolute Gasteiger partial charge is 0.482 e. The number of nitrogens with zero attached hydrogens (tertiary/aromatic N) is 4. The molecule has 4 aromatic rings. The van der Waals surface area contributed by atoms with Crippen LogP contribution in [0.25, 0.3) is 27.8 Å². The van der Waals surface area contributed by atoms with Gasteiger partial charge in [-0.05, 0) is 18.2 Å². The number of aromatic nitrogens is 4. The Bertz CT molecular complexity index is 1390. The fourth-order valence-corrected chi connectivity index (χ4v) is 3.40. The Hall–Kier alpha value is -3.47. The van der Waals surface area contributed by atoms with E-state index in [2.05, 4.69) is 10.1 Å². The first-order valence-electron chi connectivity index (χ1n) is 9.22. The van der Waals surface area contributed by atoms with Crippen molar-refractivity contribution in [1.29, 1.82) is 0 Å². The number of fused-ring (bicyclic) bond motifs is 3. The molecule has 0 radical (unpaired) electrons. The molecule has 0 amide bonds. The topological polar surface area (TPSA) is 70.7 Å². The average molecular weight is 434 g/mol. The van der Waals surface area contributed by atoms with Crippen LogP contribution in [0.4, 0.5) is 17.6 Å². The molecule has 11 heteroatoms. The number of benzene rings is 1. The maximum atomic E-state index is 14.5. The second-order valence-electron chi connectivity index (χ2n) is 7.17. The van der Waals surface area contributed by atoms with Gasteiger partial charge >= 0.3 is 6.18 Å². The van der Waals surface area contributed by atoms with Gasteiger partial charge in [0.1, 0.15) is 17.4 Å². The van der Waals surface area contributed by atoms with Crippen molar-refractivity contribution in [1.82, 2.24) is 19.2 Å². The summed E-state index contributed by atoms with van der Waals surface area (Å²) in [5.41, 5.74) is -0.557. The van der Waals surface area contributed by atoms with Crippen LogP contribution < -0.4 is 10.3 Å². The summed E-state index contributed by atoms with van der Waals surface area (Å²) >= 11 is 0. The fraction of sp³-hybridized carbons (Fsp3) is 0.250. The van der Waals surface area contributed by atoms with Crippen LogP contribution >= 0.6 is 0 Å². The summed E-state index contributed by atoms with van der Waals surface area (Å²) in [5, 5.41) is 4.44. The molecule has 1 aromatic carbocycles.